The molecule has 1 N–H and O–H groups in total. The topological polar surface area (TPSA) is 64.0 Å². The Morgan fingerprint density at radius 2 is 2.29 bits per heavy atom. The maximum atomic E-state index is 11.4. The lowest BCUT2D eigenvalue weighted by Gasteiger charge is -2.08. The normalized spacial score (nSPS) is 14.2. The van der Waals surface area contributed by atoms with Crippen molar-refractivity contribution >= 4 is 10.0 Å². The Bertz CT molecular complexity index is 396. The smallest absolute Gasteiger partial charge is 0.218 e. The Kier molecular flexibility index (Phi) is 3.28. The minimum absolute atomic E-state index is 0.562. The fourth-order valence-corrected chi connectivity index (χ4v) is 1.95. The van der Waals surface area contributed by atoms with Crippen molar-refractivity contribution in [1.82, 2.24) is 14.5 Å². The minimum atomic E-state index is -3.25. The first kappa shape index (κ1) is 11.2. The highest BCUT2D eigenvalue weighted by atomic mass is 32.2. The van der Waals surface area contributed by atoms with Gasteiger partial charge in [0.25, 0.3) is 0 Å². The summed E-state index contributed by atoms with van der Waals surface area (Å²) in [5.74, 6) is 0. The van der Waals surface area contributed by atoms with E-state index in [-0.39, 0.29) is 0 Å². The molecule has 0 aliphatic heterocycles. The molecule has 0 amide bonds. The highest BCUT2D eigenvalue weighted by Gasteiger charge is 2.21. The van der Waals surface area contributed by atoms with E-state index in [0.717, 1.165) is 6.54 Å². The van der Waals surface area contributed by atoms with E-state index in [4.69, 9.17) is 0 Å². The van der Waals surface area contributed by atoms with Gasteiger partial charge in [0.05, 0.1) is 6.20 Å². The predicted molar refractivity (Wildman–Crippen MR) is 54.3 cm³/mol. The first-order valence-corrected chi connectivity index (χ1v) is 6.00. The average Bonchev–Trinajstić information content (AvgIpc) is 2.64. The molecule has 1 aromatic heterocycles. The van der Waals surface area contributed by atoms with Crippen molar-refractivity contribution in [2.45, 2.75) is 25.6 Å². The molecule has 1 heterocycles. The summed E-state index contributed by atoms with van der Waals surface area (Å²) in [5, 5.41) is 3.47. The van der Waals surface area contributed by atoms with Gasteiger partial charge in [-0.3, -0.25) is 4.68 Å². The molecule has 1 aromatic rings. The molecular formula is C8H15N3O2S. The number of hydrogen-bond donors (Lipinski definition) is 1. The van der Waals surface area contributed by atoms with Gasteiger partial charge in [-0.05, 0) is 20.9 Å². The molecule has 1 unspecified atom stereocenters. The number of nitrogens with zero attached hydrogens (tertiary/aromatic N) is 2. The Morgan fingerprint density at radius 1 is 1.64 bits per heavy atom. The van der Waals surface area contributed by atoms with Crippen molar-refractivity contribution in [3.63, 3.8) is 0 Å². The summed E-state index contributed by atoms with van der Waals surface area (Å²) < 4.78 is 26.9. The SMILES string of the molecule is CCn1cc(C(C)S(=O)(=O)NC)cn1. The number of aryl methyl sites for hydroxylation is 1. The van der Waals surface area contributed by atoms with Crippen molar-refractivity contribution in [2.75, 3.05) is 7.05 Å². The van der Waals surface area contributed by atoms with Crippen LogP contribution >= 0.6 is 0 Å². The second kappa shape index (κ2) is 4.10. The van der Waals surface area contributed by atoms with Crippen LogP contribution in [0.1, 0.15) is 24.7 Å². The van der Waals surface area contributed by atoms with Crippen LogP contribution in [0.25, 0.3) is 0 Å². The summed E-state index contributed by atoms with van der Waals surface area (Å²) in [5.41, 5.74) is 0.709. The van der Waals surface area contributed by atoms with E-state index >= 15 is 0 Å². The van der Waals surface area contributed by atoms with Crippen LogP contribution in [0.5, 0.6) is 0 Å². The number of hydrogen-bond acceptors (Lipinski definition) is 3. The number of nitrogens with one attached hydrogen (secondary N) is 1. The largest absolute Gasteiger partial charge is 0.273 e. The van der Waals surface area contributed by atoms with Crippen molar-refractivity contribution in [3.8, 4) is 0 Å². The monoisotopic (exact) mass is 217 g/mol. The highest BCUT2D eigenvalue weighted by molar-refractivity contribution is 7.89. The van der Waals surface area contributed by atoms with E-state index < -0.39 is 15.3 Å². The lowest BCUT2D eigenvalue weighted by molar-refractivity contribution is 0.577. The van der Waals surface area contributed by atoms with Crippen LogP contribution in [0, 0.1) is 0 Å². The Morgan fingerprint density at radius 3 is 2.71 bits per heavy atom. The first-order chi connectivity index (χ1) is 6.51. The molecule has 14 heavy (non-hydrogen) atoms. The van der Waals surface area contributed by atoms with Crippen molar-refractivity contribution in [2.24, 2.45) is 0 Å². The van der Waals surface area contributed by atoms with Crippen LogP contribution in [0.4, 0.5) is 0 Å². The number of aromatic nitrogens is 2. The van der Waals surface area contributed by atoms with Crippen LogP contribution in [0.2, 0.25) is 0 Å². The van der Waals surface area contributed by atoms with Crippen LogP contribution in [0.3, 0.4) is 0 Å². The van der Waals surface area contributed by atoms with Crippen LogP contribution in [-0.2, 0) is 16.6 Å². The third kappa shape index (κ3) is 2.13. The summed E-state index contributed by atoms with van der Waals surface area (Å²) in [6.07, 6.45) is 3.34. The standard InChI is InChI=1S/C8H15N3O2S/c1-4-11-6-8(5-10-11)7(2)14(12,13)9-3/h5-7,9H,4H2,1-3H3. The Hall–Kier alpha value is -0.880. The molecule has 1 atom stereocenters. The zero-order valence-electron chi connectivity index (χ0n) is 8.56. The van der Waals surface area contributed by atoms with Gasteiger partial charge >= 0.3 is 0 Å². The zero-order chi connectivity index (χ0) is 10.8. The van der Waals surface area contributed by atoms with Crippen molar-refractivity contribution < 1.29 is 8.42 Å². The highest BCUT2D eigenvalue weighted by Crippen LogP contribution is 2.19. The molecule has 6 heteroatoms. The molecule has 5 nitrogen and oxygen atoms in total. The molecule has 0 saturated carbocycles. The molecule has 0 bridgehead atoms. The van der Waals surface area contributed by atoms with E-state index in [9.17, 15) is 8.42 Å². The second-order valence-corrected chi connectivity index (χ2v) is 5.23. The van der Waals surface area contributed by atoms with E-state index in [1.807, 2.05) is 6.92 Å². The van der Waals surface area contributed by atoms with Gasteiger partial charge in [-0.15, -0.1) is 0 Å². The summed E-state index contributed by atoms with van der Waals surface area (Å²) in [6, 6.07) is 0. The van der Waals surface area contributed by atoms with Crippen molar-refractivity contribution in [3.05, 3.63) is 18.0 Å². The van der Waals surface area contributed by atoms with Gasteiger partial charge in [-0.1, -0.05) is 0 Å². The lowest BCUT2D eigenvalue weighted by Crippen LogP contribution is -2.23. The molecular weight excluding hydrogens is 202 g/mol. The fourth-order valence-electron chi connectivity index (χ4n) is 1.12. The molecule has 1 rings (SSSR count). The minimum Gasteiger partial charge on any atom is -0.273 e. The van der Waals surface area contributed by atoms with Crippen molar-refractivity contribution in [1.29, 1.82) is 0 Å². The van der Waals surface area contributed by atoms with Gasteiger partial charge in [-0.25, -0.2) is 13.1 Å². The first-order valence-electron chi connectivity index (χ1n) is 4.46. The molecule has 0 radical (unpaired) electrons. The van der Waals surface area contributed by atoms with Crippen LogP contribution < -0.4 is 4.72 Å². The summed E-state index contributed by atoms with van der Waals surface area (Å²) in [6.45, 7) is 4.34. The predicted octanol–water partition coefficient (Wildman–Crippen LogP) is 0.513. The third-order valence-corrected chi connectivity index (χ3v) is 3.97. The molecule has 0 saturated heterocycles. The molecule has 0 aliphatic rings. The van der Waals surface area contributed by atoms with E-state index in [2.05, 4.69) is 9.82 Å². The molecule has 80 valence electrons. The Balaban J connectivity index is 2.95. The summed E-state index contributed by atoms with van der Waals surface area (Å²) in [7, 11) is -1.84. The van der Waals surface area contributed by atoms with Gasteiger partial charge in [0.15, 0.2) is 0 Å². The molecule has 0 aliphatic carbocycles. The van der Waals surface area contributed by atoms with Gasteiger partial charge in [-0.2, -0.15) is 5.10 Å². The van der Waals surface area contributed by atoms with Gasteiger partial charge in [0.1, 0.15) is 5.25 Å². The molecule has 0 fully saturated rings. The second-order valence-electron chi connectivity index (χ2n) is 3.02. The number of sulfonamides is 1. The maximum Gasteiger partial charge on any atom is 0.218 e. The van der Waals surface area contributed by atoms with Gasteiger partial charge < -0.3 is 0 Å². The number of rotatable bonds is 4. The van der Waals surface area contributed by atoms with E-state index in [1.54, 1.807) is 24.0 Å². The summed E-state index contributed by atoms with van der Waals surface area (Å²) >= 11 is 0. The Labute approximate surface area is 84.2 Å². The molecule has 0 spiro atoms. The van der Waals surface area contributed by atoms with E-state index in [0.29, 0.717) is 5.56 Å². The van der Waals surface area contributed by atoms with Crippen LogP contribution in [0.15, 0.2) is 12.4 Å². The van der Waals surface area contributed by atoms with Gasteiger partial charge in [0, 0.05) is 18.3 Å². The summed E-state index contributed by atoms with van der Waals surface area (Å²) in [4.78, 5) is 0. The maximum absolute atomic E-state index is 11.4. The average molecular weight is 217 g/mol. The fraction of sp³-hybridized carbons (Fsp3) is 0.625. The van der Waals surface area contributed by atoms with Crippen LogP contribution in [-0.4, -0.2) is 25.2 Å². The third-order valence-electron chi connectivity index (χ3n) is 2.20. The van der Waals surface area contributed by atoms with E-state index in [1.165, 1.54) is 7.05 Å². The zero-order valence-corrected chi connectivity index (χ0v) is 9.37. The lowest BCUT2D eigenvalue weighted by atomic mass is 10.3. The quantitative estimate of drug-likeness (QED) is 0.799. The van der Waals surface area contributed by atoms with Gasteiger partial charge in [0.2, 0.25) is 10.0 Å². The molecule has 0 aromatic carbocycles.